The number of sulfonamides is 1. The van der Waals surface area contributed by atoms with E-state index in [9.17, 15) is 17.6 Å². The van der Waals surface area contributed by atoms with Gasteiger partial charge in [0.15, 0.2) is 0 Å². The Morgan fingerprint density at radius 2 is 2.00 bits per heavy atom. The molecule has 0 spiro atoms. The first-order valence-electron chi connectivity index (χ1n) is 9.46. The number of carbonyl (C=O) groups is 1. The molecule has 1 aromatic heterocycles. The number of nitrogens with one attached hydrogen (secondary N) is 1. The largest absolute Gasteiger partial charge is 0.326 e. The summed E-state index contributed by atoms with van der Waals surface area (Å²) in [5.74, 6) is -1.43. The van der Waals surface area contributed by atoms with Crippen LogP contribution in [0.3, 0.4) is 0 Å². The Labute approximate surface area is 178 Å². The van der Waals surface area contributed by atoms with Gasteiger partial charge >= 0.3 is 0 Å². The van der Waals surface area contributed by atoms with Gasteiger partial charge in [-0.05, 0) is 43.2 Å². The molecule has 0 aliphatic carbocycles. The molecule has 156 valence electrons. The highest BCUT2D eigenvalue weighted by Gasteiger charge is 2.34. The molecule has 0 saturated carbocycles. The fourth-order valence-corrected chi connectivity index (χ4v) is 5.49. The van der Waals surface area contributed by atoms with Crippen LogP contribution in [-0.4, -0.2) is 36.7 Å². The zero-order valence-electron chi connectivity index (χ0n) is 15.9. The predicted octanol–water partition coefficient (Wildman–Crippen LogP) is 4.07. The first-order chi connectivity index (χ1) is 14.4. The summed E-state index contributed by atoms with van der Waals surface area (Å²) in [6.07, 6.45) is 2.67. The molecule has 0 radical (unpaired) electrons. The van der Waals surface area contributed by atoms with E-state index in [1.165, 1.54) is 28.6 Å². The predicted molar refractivity (Wildman–Crippen MR) is 113 cm³/mol. The maximum Gasteiger partial charge on any atom is 0.245 e. The van der Waals surface area contributed by atoms with Gasteiger partial charge in [0.25, 0.3) is 0 Å². The third-order valence-electron chi connectivity index (χ3n) is 5.16. The number of hydrogen-bond donors (Lipinski definition) is 1. The molecule has 2 heterocycles. The third kappa shape index (κ3) is 4.03. The fourth-order valence-electron chi connectivity index (χ4n) is 3.62. The smallest absolute Gasteiger partial charge is 0.245 e. The highest BCUT2D eigenvalue weighted by molar-refractivity contribution is 7.89. The summed E-state index contributed by atoms with van der Waals surface area (Å²) in [5.41, 5.74) is 0.775. The Bertz CT molecular complexity index is 1210. The Kier molecular flexibility index (Phi) is 5.73. The van der Waals surface area contributed by atoms with Gasteiger partial charge in [0.05, 0.1) is 16.5 Å². The molecule has 1 aliphatic heterocycles. The quantitative estimate of drug-likeness (QED) is 0.654. The number of carbonyl (C=O) groups excluding carboxylic acids is 1. The topological polar surface area (TPSA) is 79.4 Å². The van der Waals surface area contributed by atoms with Crippen LogP contribution in [0.2, 0.25) is 5.02 Å². The highest BCUT2D eigenvalue weighted by atomic mass is 35.5. The summed E-state index contributed by atoms with van der Waals surface area (Å²) in [5, 5.41) is 3.34. The molecule has 1 aliphatic rings. The van der Waals surface area contributed by atoms with Crippen molar-refractivity contribution in [2.24, 2.45) is 5.92 Å². The zero-order chi connectivity index (χ0) is 21.3. The van der Waals surface area contributed by atoms with Gasteiger partial charge in [-0.3, -0.25) is 9.78 Å². The highest BCUT2D eigenvalue weighted by Crippen LogP contribution is 2.28. The lowest BCUT2D eigenvalue weighted by molar-refractivity contribution is -0.120. The average molecular weight is 448 g/mol. The van der Waals surface area contributed by atoms with E-state index in [1.807, 2.05) is 12.1 Å². The van der Waals surface area contributed by atoms with E-state index in [1.54, 1.807) is 18.3 Å². The van der Waals surface area contributed by atoms with Gasteiger partial charge in [-0.2, -0.15) is 4.31 Å². The van der Waals surface area contributed by atoms with Crippen molar-refractivity contribution >= 4 is 44.1 Å². The number of nitrogens with zero attached hydrogens (tertiary/aromatic N) is 2. The first kappa shape index (κ1) is 20.7. The Morgan fingerprint density at radius 3 is 2.80 bits per heavy atom. The maximum absolute atomic E-state index is 13.3. The summed E-state index contributed by atoms with van der Waals surface area (Å²) in [6.45, 7) is 0.393. The van der Waals surface area contributed by atoms with Crippen LogP contribution in [0, 0.1) is 11.7 Å². The van der Waals surface area contributed by atoms with Gasteiger partial charge in [0, 0.05) is 30.4 Å². The first-order valence-corrected chi connectivity index (χ1v) is 11.3. The van der Waals surface area contributed by atoms with Gasteiger partial charge in [0.1, 0.15) is 10.7 Å². The molecular weight excluding hydrogens is 429 g/mol. The van der Waals surface area contributed by atoms with E-state index in [0.29, 0.717) is 30.6 Å². The lowest BCUT2D eigenvalue weighted by Crippen LogP contribution is -2.43. The molecule has 1 fully saturated rings. The molecule has 6 nitrogen and oxygen atoms in total. The molecule has 1 atom stereocenters. The molecule has 4 rings (SSSR count). The average Bonchev–Trinajstić information content (AvgIpc) is 2.76. The number of hydrogen-bond acceptors (Lipinski definition) is 4. The molecular formula is C21H19ClFN3O3S. The van der Waals surface area contributed by atoms with Crippen molar-refractivity contribution in [2.45, 2.75) is 17.7 Å². The monoisotopic (exact) mass is 447 g/mol. The van der Waals surface area contributed by atoms with Gasteiger partial charge < -0.3 is 5.32 Å². The standard InChI is InChI=1S/C21H19ClFN3O3S/c22-17-12-16(8-9-18(17)23)25-21(27)15-6-3-11-26(13-15)30(28,29)19-7-1-4-14-5-2-10-24-20(14)19/h1-2,4-5,7-10,12,15H,3,6,11,13H2,(H,25,27). The molecule has 9 heteroatoms. The van der Waals surface area contributed by atoms with E-state index in [0.717, 1.165) is 5.39 Å². The van der Waals surface area contributed by atoms with Crippen LogP contribution < -0.4 is 5.32 Å². The second-order valence-corrected chi connectivity index (χ2v) is 9.47. The Hall–Kier alpha value is -2.55. The van der Waals surface area contributed by atoms with E-state index in [2.05, 4.69) is 10.3 Å². The summed E-state index contributed by atoms with van der Waals surface area (Å²) in [4.78, 5) is 17.1. The molecule has 30 heavy (non-hydrogen) atoms. The number of rotatable bonds is 4. The van der Waals surface area contributed by atoms with Crippen molar-refractivity contribution in [3.63, 3.8) is 0 Å². The number of piperidine rings is 1. The third-order valence-corrected chi connectivity index (χ3v) is 7.34. The SMILES string of the molecule is O=C(Nc1ccc(F)c(Cl)c1)C1CCCN(S(=O)(=O)c2cccc3cccnc23)C1. The number of amides is 1. The van der Waals surface area contributed by atoms with Crippen molar-refractivity contribution < 1.29 is 17.6 Å². The van der Waals surface area contributed by atoms with Crippen molar-refractivity contribution in [2.75, 3.05) is 18.4 Å². The minimum absolute atomic E-state index is 0.0618. The summed E-state index contributed by atoms with van der Waals surface area (Å²) < 4.78 is 41.3. The molecule has 2 aromatic carbocycles. The Morgan fingerprint density at radius 1 is 1.20 bits per heavy atom. The van der Waals surface area contributed by atoms with Gasteiger partial charge in [0.2, 0.25) is 15.9 Å². The van der Waals surface area contributed by atoms with Crippen LogP contribution in [0.25, 0.3) is 10.9 Å². The maximum atomic E-state index is 13.3. The lowest BCUT2D eigenvalue weighted by atomic mass is 9.99. The summed E-state index contributed by atoms with van der Waals surface area (Å²) >= 11 is 5.76. The molecule has 1 unspecified atom stereocenters. The van der Waals surface area contributed by atoms with E-state index in [4.69, 9.17) is 11.6 Å². The van der Waals surface area contributed by atoms with Crippen LogP contribution in [0.1, 0.15) is 12.8 Å². The number of benzene rings is 2. The number of para-hydroxylation sites is 1. The molecule has 3 aromatic rings. The van der Waals surface area contributed by atoms with Gasteiger partial charge in [-0.25, -0.2) is 12.8 Å². The van der Waals surface area contributed by atoms with Crippen LogP contribution in [-0.2, 0) is 14.8 Å². The fraction of sp³-hybridized carbons (Fsp3) is 0.238. The van der Waals surface area contributed by atoms with Crippen LogP contribution in [0.4, 0.5) is 10.1 Å². The van der Waals surface area contributed by atoms with Crippen molar-refractivity contribution in [1.29, 1.82) is 0 Å². The van der Waals surface area contributed by atoms with Crippen LogP contribution >= 0.6 is 11.6 Å². The van der Waals surface area contributed by atoms with E-state index >= 15 is 0 Å². The number of anilines is 1. The van der Waals surface area contributed by atoms with E-state index in [-0.39, 0.29) is 22.4 Å². The number of fused-ring (bicyclic) bond motifs is 1. The van der Waals surface area contributed by atoms with Crippen LogP contribution in [0.15, 0.2) is 59.6 Å². The van der Waals surface area contributed by atoms with Crippen LogP contribution in [0.5, 0.6) is 0 Å². The minimum Gasteiger partial charge on any atom is -0.326 e. The molecule has 0 bridgehead atoms. The normalized spacial score (nSPS) is 17.7. The lowest BCUT2D eigenvalue weighted by Gasteiger charge is -2.31. The number of halogens is 2. The van der Waals surface area contributed by atoms with Crippen molar-refractivity contribution in [3.05, 3.63) is 65.6 Å². The van der Waals surface area contributed by atoms with Gasteiger partial charge in [-0.1, -0.05) is 29.8 Å². The van der Waals surface area contributed by atoms with Gasteiger partial charge in [-0.15, -0.1) is 0 Å². The number of pyridine rings is 1. The molecule has 1 amide bonds. The van der Waals surface area contributed by atoms with Crippen molar-refractivity contribution in [1.82, 2.24) is 9.29 Å². The Balaban J connectivity index is 1.55. The molecule has 1 saturated heterocycles. The second-order valence-electron chi connectivity index (χ2n) is 7.15. The zero-order valence-corrected chi connectivity index (χ0v) is 17.5. The summed E-state index contributed by atoms with van der Waals surface area (Å²) in [6, 6.07) is 12.5. The second kappa shape index (κ2) is 8.29. The van der Waals surface area contributed by atoms with Crippen molar-refractivity contribution in [3.8, 4) is 0 Å². The minimum atomic E-state index is -3.82. The number of aromatic nitrogens is 1. The molecule has 1 N–H and O–H groups in total. The summed E-state index contributed by atoms with van der Waals surface area (Å²) in [7, 11) is -3.82. The van der Waals surface area contributed by atoms with E-state index < -0.39 is 21.8 Å².